The summed E-state index contributed by atoms with van der Waals surface area (Å²) in [7, 11) is 0. The van der Waals surface area contributed by atoms with Crippen molar-refractivity contribution in [2.75, 3.05) is 44.7 Å². The smallest absolute Gasteiger partial charge is 0.251 e. The zero-order valence-corrected chi connectivity index (χ0v) is 19.5. The fourth-order valence-electron chi connectivity index (χ4n) is 5.79. The first kappa shape index (κ1) is 22.3. The van der Waals surface area contributed by atoms with Gasteiger partial charge < -0.3 is 20.3 Å². The molecule has 2 aliphatic heterocycles. The molecule has 0 bridgehead atoms. The molecule has 7 nitrogen and oxygen atoms in total. The number of ether oxygens (including phenoxy) is 1. The maximum atomic E-state index is 11.9. The molecule has 2 saturated heterocycles. The summed E-state index contributed by atoms with van der Waals surface area (Å²) in [5, 5.41) is 15.3. The molecule has 3 aliphatic rings. The monoisotopic (exact) mass is 449 g/mol. The number of hydrogen-bond acceptors (Lipinski definition) is 6. The van der Waals surface area contributed by atoms with Crippen molar-refractivity contribution in [3.8, 4) is 11.3 Å². The van der Waals surface area contributed by atoms with Crippen LogP contribution in [0.25, 0.3) is 11.3 Å². The van der Waals surface area contributed by atoms with E-state index in [-0.39, 0.29) is 5.91 Å². The minimum absolute atomic E-state index is 0.0530. The molecule has 1 aromatic heterocycles. The van der Waals surface area contributed by atoms with E-state index < -0.39 is 0 Å². The van der Waals surface area contributed by atoms with E-state index in [1.165, 1.54) is 45.3 Å². The van der Waals surface area contributed by atoms with Gasteiger partial charge in [-0.1, -0.05) is 12.1 Å². The van der Waals surface area contributed by atoms with Gasteiger partial charge in [-0.3, -0.25) is 4.79 Å². The molecule has 33 heavy (non-hydrogen) atoms. The fraction of sp³-hybridized carbons (Fsp3) is 0.577. The Hall–Kier alpha value is -2.51. The van der Waals surface area contributed by atoms with Gasteiger partial charge in [-0.05, 0) is 74.6 Å². The number of nitrogens with one attached hydrogen (secondary N) is 2. The third kappa shape index (κ3) is 5.36. The van der Waals surface area contributed by atoms with Gasteiger partial charge in [0.05, 0.1) is 5.69 Å². The van der Waals surface area contributed by atoms with Crippen LogP contribution in [-0.2, 0) is 4.74 Å². The highest BCUT2D eigenvalue weighted by Crippen LogP contribution is 2.39. The van der Waals surface area contributed by atoms with Crippen LogP contribution in [0.1, 0.15) is 43.0 Å². The largest absolute Gasteiger partial charge is 0.381 e. The van der Waals surface area contributed by atoms with Crippen molar-refractivity contribution in [2.45, 2.75) is 38.6 Å². The second-order valence-corrected chi connectivity index (χ2v) is 9.85. The van der Waals surface area contributed by atoms with E-state index in [9.17, 15) is 4.79 Å². The second kappa shape index (κ2) is 10.2. The Kier molecular flexibility index (Phi) is 6.88. The molecule has 3 heterocycles. The van der Waals surface area contributed by atoms with Crippen LogP contribution in [-0.4, -0.2) is 66.4 Å². The van der Waals surface area contributed by atoms with E-state index in [0.717, 1.165) is 48.0 Å². The second-order valence-electron chi connectivity index (χ2n) is 9.85. The van der Waals surface area contributed by atoms with E-state index in [0.29, 0.717) is 18.2 Å². The van der Waals surface area contributed by atoms with Gasteiger partial charge in [-0.15, -0.1) is 10.2 Å². The molecular weight excluding hydrogens is 414 g/mol. The number of fused-ring (bicyclic) bond motifs is 1. The molecule has 7 heteroatoms. The molecule has 3 fully saturated rings. The van der Waals surface area contributed by atoms with Crippen LogP contribution >= 0.6 is 0 Å². The normalized spacial score (nSPS) is 25.7. The van der Waals surface area contributed by atoms with E-state index in [1.807, 2.05) is 43.3 Å². The van der Waals surface area contributed by atoms with Gasteiger partial charge in [-0.2, -0.15) is 0 Å². The highest BCUT2D eigenvalue weighted by atomic mass is 16.5. The van der Waals surface area contributed by atoms with Crippen molar-refractivity contribution in [1.29, 1.82) is 0 Å². The Labute approximate surface area is 196 Å². The summed E-state index contributed by atoms with van der Waals surface area (Å²) in [5.74, 6) is 3.23. The number of benzene rings is 1. The molecule has 2 unspecified atom stereocenters. The van der Waals surface area contributed by atoms with Crippen LogP contribution in [0.5, 0.6) is 0 Å². The molecule has 0 radical (unpaired) electrons. The van der Waals surface area contributed by atoms with Crippen molar-refractivity contribution in [3.63, 3.8) is 0 Å². The average molecular weight is 450 g/mol. The van der Waals surface area contributed by atoms with Crippen LogP contribution in [0.15, 0.2) is 36.4 Å². The predicted molar refractivity (Wildman–Crippen MR) is 129 cm³/mol. The Morgan fingerprint density at radius 3 is 2.39 bits per heavy atom. The summed E-state index contributed by atoms with van der Waals surface area (Å²) in [4.78, 5) is 14.6. The number of likely N-dealkylation sites (tertiary alicyclic amines) is 1. The Balaban J connectivity index is 1.11. The van der Waals surface area contributed by atoms with Gasteiger partial charge in [0.25, 0.3) is 5.91 Å². The van der Waals surface area contributed by atoms with Crippen LogP contribution in [0, 0.1) is 17.8 Å². The van der Waals surface area contributed by atoms with Gasteiger partial charge in [0.1, 0.15) is 5.82 Å². The number of amides is 1. The molecular formula is C26H35N5O2. The number of hydrogen-bond donors (Lipinski definition) is 2. The molecule has 5 rings (SSSR count). The van der Waals surface area contributed by atoms with Crippen molar-refractivity contribution in [2.24, 2.45) is 17.8 Å². The third-order valence-electron chi connectivity index (χ3n) is 7.48. The lowest BCUT2D eigenvalue weighted by Crippen LogP contribution is -2.32. The minimum Gasteiger partial charge on any atom is -0.381 e. The quantitative estimate of drug-likeness (QED) is 0.674. The zero-order valence-electron chi connectivity index (χ0n) is 19.5. The molecule has 0 spiro atoms. The van der Waals surface area contributed by atoms with Gasteiger partial charge >= 0.3 is 0 Å². The summed E-state index contributed by atoms with van der Waals surface area (Å²) in [6.45, 7) is 8.17. The summed E-state index contributed by atoms with van der Waals surface area (Å²) in [6, 6.07) is 12.0. The summed E-state index contributed by atoms with van der Waals surface area (Å²) < 4.78 is 5.51. The lowest BCUT2D eigenvalue weighted by molar-refractivity contribution is 0.0545. The molecule has 1 saturated carbocycles. The first-order valence-electron chi connectivity index (χ1n) is 12.5. The van der Waals surface area contributed by atoms with Crippen LogP contribution in [0.4, 0.5) is 5.82 Å². The van der Waals surface area contributed by atoms with E-state index in [1.54, 1.807) is 0 Å². The number of anilines is 1. The zero-order chi connectivity index (χ0) is 22.6. The van der Waals surface area contributed by atoms with Gasteiger partial charge in [0, 0.05) is 56.6 Å². The van der Waals surface area contributed by atoms with Gasteiger partial charge in [0.15, 0.2) is 0 Å². The maximum absolute atomic E-state index is 11.9. The van der Waals surface area contributed by atoms with Gasteiger partial charge in [-0.25, -0.2) is 0 Å². The molecule has 2 aromatic rings. The Bertz CT molecular complexity index is 913. The molecule has 1 aromatic carbocycles. The lowest BCUT2D eigenvalue weighted by atomic mass is 10.00. The molecule has 3 atom stereocenters. The molecule has 2 N–H and O–H groups in total. The maximum Gasteiger partial charge on any atom is 0.251 e. The lowest BCUT2D eigenvalue weighted by Gasteiger charge is -2.27. The van der Waals surface area contributed by atoms with E-state index >= 15 is 0 Å². The summed E-state index contributed by atoms with van der Waals surface area (Å²) in [6.07, 6.45) is 4.89. The van der Waals surface area contributed by atoms with Crippen molar-refractivity contribution in [1.82, 2.24) is 20.4 Å². The van der Waals surface area contributed by atoms with Crippen molar-refractivity contribution < 1.29 is 9.53 Å². The fourth-order valence-corrected chi connectivity index (χ4v) is 5.79. The van der Waals surface area contributed by atoms with E-state index in [4.69, 9.17) is 4.74 Å². The van der Waals surface area contributed by atoms with Crippen LogP contribution in [0.2, 0.25) is 0 Å². The van der Waals surface area contributed by atoms with Gasteiger partial charge in [0.2, 0.25) is 0 Å². The first-order valence-corrected chi connectivity index (χ1v) is 12.5. The molecule has 1 amide bonds. The highest BCUT2D eigenvalue weighted by molar-refractivity contribution is 5.94. The number of carbonyl (C=O) groups excluding carboxylic acids is 1. The van der Waals surface area contributed by atoms with Crippen LogP contribution < -0.4 is 10.6 Å². The number of rotatable bonds is 7. The number of nitrogens with zero attached hydrogens (tertiary/aromatic N) is 3. The van der Waals surface area contributed by atoms with Crippen molar-refractivity contribution >= 4 is 11.7 Å². The molecule has 1 aliphatic carbocycles. The Morgan fingerprint density at radius 2 is 1.76 bits per heavy atom. The topological polar surface area (TPSA) is 79.4 Å². The summed E-state index contributed by atoms with van der Waals surface area (Å²) in [5.41, 5.74) is 2.43. The number of aromatic nitrogens is 2. The first-order chi connectivity index (χ1) is 16.2. The standard InChI is InChI=1S/C26H35N5O2/c1-2-27-26(32)20-5-3-19(4-6-20)24-7-8-25(30-29-24)28-23-13-21-16-31(17-22(21)14-23)15-18-9-11-33-12-10-18/h3-8,18,21-23H,2,9-17H2,1H3,(H,27,32)(H,28,30)/t21-,22?,23?/m1/s1. The predicted octanol–water partition coefficient (Wildman–Crippen LogP) is 3.44. The van der Waals surface area contributed by atoms with Crippen LogP contribution in [0.3, 0.4) is 0 Å². The SMILES string of the molecule is CCNC(=O)c1ccc(-c2ccc(NC3CC4CN(CC5CCOCC5)C[C@H]4C3)nn2)cc1. The summed E-state index contributed by atoms with van der Waals surface area (Å²) >= 11 is 0. The van der Waals surface area contributed by atoms with Crippen molar-refractivity contribution in [3.05, 3.63) is 42.0 Å². The highest BCUT2D eigenvalue weighted by Gasteiger charge is 2.41. The van der Waals surface area contributed by atoms with E-state index in [2.05, 4.69) is 25.7 Å². The average Bonchev–Trinajstić information content (AvgIpc) is 3.38. The number of carbonyl (C=O) groups is 1. The molecule has 176 valence electrons. The third-order valence-corrected chi connectivity index (χ3v) is 7.48. The minimum atomic E-state index is -0.0530. The Morgan fingerprint density at radius 1 is 1.03 bits per heavy atom.